The largest absolute Gasteiger partial charge is 0.497 e. The fourth-order valence-corrected chi connectivity index (χ4v) is 1.89. The molecule has 1 aliphatic rings. The summed E-state index contributed by atoms with van der Waals surface area (Å²) < 4.78 is 10.5. The van der Waals surface area contributed by atoms with E-state index in [1.54, 1.807) is 13.2 Å². The first-order chi connectivity index (χ1) is 8.22. The van der Waals surface area contributed by atoms with Gasteiger partial charge in [0.1, 0.15) is 5.75 Å². The highest BCUT2D eigenvalue weighted by molar-refractivity contribution is 7.99. The predicted octanol–water partition coefficient (Wildman–Crippen LogP) is 1.83. The zero-order valence-corrected chi connectivity index (χ0v) is 10.4. The molecular weight excluding hydrogens is 238 g/mol. The fourth-order valence-electron chi connectivity index (χ4n) is 1.47. The van der Waals surface area contributed by atoms with E-state index in [-0.39, 0.29) is 11.5 Å². The smallest absolute Gasteiger partial charge is 0.289 e. The monoisotopic (exact) mass is 251 g/mol. The van der Waals surface area contributed by atoms with Crippen LogP contribution in [0.25, 0.3) is 6.08 Å². The SMILES string of the molecule is COc1cccc(/C=C2\OC(SC)NC2=O)c1. The molecule has 0 bridgehead atoms. The lowest BCUT2D eigenvalue weighted by Gasteiger charge is -2.04. The lowest BCUT2D eigenvalue weighted by Crippen LogP contribution is -2.22. The molecule has 0 saturated carbocycles. The van der Waals surface area contributed by atoms with Gasteiger partial charge in [-0.3, -0.25) is 4.79 Å². The summed E-state index contributed by atoms with van der Waals surface area (Å²) in [6, 6.07) is 7.45. The van der Waals surface area contributed by atoms with Crippen molar-refractivity contribution in [3.05, 3.63) is 35.6 Å². The second-order valence-corrected chi connectivity index (χ2v) is 4.34. The van der Waals surface area contributed by atoms with E-state index in [0.29, 0.717) is 5.76 Å². The molecule has 5 heteroatoms. The van der Waals surface area contributed by atoms with Crippen molar-refractivity contribution in [2.24, 2.45) is 0 Å². The first kappa shape index (κ1) is 11.9. The fraction of sp³-hybridized carbons (Fsp3) is 0.250. The molecule has 1 aromatic rings. The maximum atomic E-state index is 11.6. The van der Waals surface area contributed by atoms with Gasteiger partial charge in [-0.15, -0.1) is 0 Å². The van der Waals surface area contributed by atoms with Crippen LogP contribution in [0, 0.1) is 0 Å². The molecule has 1 aromatic carbocycles. The molecule has 90 valence electrons. The van der Waals surface area contributed by atoms with Crippen molar-refractivity contribution in [1.29, 1.82) is 0 Å². The van der Waals surface area contributed by atoms with Crippen molar-refractivity contribution in [2.75, 3.05) is 13.4 Å². The second-order valence-electron chi connectivity index (χ2n) is 3.44. The summed E-state index contributed by atoms with van der Waals surface area (Å²) in [6.07, 6.45) is 3.58. The van der Waals surface area contributed by atoms with Gasteiger partial charge in [0.15, 0.2) is 5.76 Å². The topological polar surface area (TPSA) is 47.6 Å². The van der Waals surface area contributed by atoms with Crippen molar-refractivity contribution in [2.45, 2.75) is 5.56 Å². The average molecular weight is 251 g/mol. The zero-order valence-electron chi connectivity index (χ0n) is 9.60. The minimum Gasteiger partial charge on any atom is -0.497 e. The summed E-state index contributed by atoms with van der Waals surface area (Å²) in [5.74, 6) is 0.893. The summed E-state index contributed by atoms with van der Waals surface area (Å²) in [6.45, 7) is 0. The molecule has 0 radical (unpaired) electrons. The van der Waals surface area contributed by atoms with Gasteiger partial charge in [0.25, 0.3) is 5.91 Å². The number of hydrogen-bond donors (Lipinski definition) is 1. The van der Waals surface area contributed by atoms with Crippen molar-refractivity contribution in [3.63, 3.8) is 0 Å². The molecule has 1 heterocycles. The van der Waals surface area contributed by atoms with E-state index in [2.05, 4.69) is 5.32 Å². The number of ether oxygens (including phenoxy) is 2. The van der Waals surface area contributed by atoms with Crippen LogP contribution in [0.1, 0.15) is 5.56 Å². The van der Waals surface area contributed by atoms with Gasteiger partial charge in [-0.1, -0.05) is 23.9 Å². The highest BCUT2D eigenvalue weighted by Gasteiger charge is 2.26. The Hall–Kier alpha value is -1.62. The summed E-state index contributed by atoms with van der Waals surface area (Å²) in [5.41, 5.74) is 0.579. The molecule has 1 atom stereocenters. The van der Waals surface area contributed by atoms with E-state index in [0.717, 1.165) is 11.3 Å². The molecule has 1 amide bonds. The minimum atomic E-state index is -0.292. The van der Waals surface area contributed by atoms with Gasteiger partial charge in [0, 0.05) is 0 Å². The van der Waals surface area contributed by atoms with Gasteiger partial charge in [-0.05, 0) is 30.0 Å². The number of nitrogens with one attached hydrogen (secondary N) is 1. The van der Waals surface area contributed by atoms with Crippen molar-refractivity contribution in [1.82, 2.24) is 5.32 Å². The number of rotatable bonds is 3. The molecule has 1 N–H and O–H groups in total. The Morgan fingerprint density at radius 2 is 2.35 bits per heavy atom. The van der Waals surface area contributed by atoms with Gasteiger partial charge < -0.3 is 14.8 Å². The first-order valence-corrected chi connectivity index (χ1v) is 6.38. The van der Waals surface area contributed by atoms with E-state index in [4.69, 9.17) is 9.47 Å². The number of hydrogen-bond acceptors (Lipinski definition) is 4. The summed E-state index contributed by atoms with van der Waals surface area (Å²) in [5, 5.41) is 2.70. The molecular formula is C12H13NO3S. The van der Waals surface area contributed by atoms with Crippen LogP contribution in [0.3, 0.4) is 0 Å². The van der Waals surface area contributed by atoms with Crippen LogP contribution >= 0.6 is 11.8 Å². The van der Waals surface area contributed by atoms with E-state index in [9.17, 15) is 4.79 Å². The highest BCUT2D eigenvalue weighted by Crippen LogP contribution is 2.21. The van der Waals surface area contributed by atoms with E-state index in [1.807, 2.05) is 30.5 Å². The standard InChI is InChI=1S/C12H13NO3S/c1-15-9-5-3-4-8(6-9)7-10-11(14)13-12(16-10)17-2/h3-7,12H,1-2H3,(H,13,14)/b10-7-. The van der Waals surface area contributed by atoms with E-state index in [1.165, 1.54) is 11.8 Å². The lowest BCUT2D eigenvalue weighted by molar-refractivity contribution is -0.116. The van der Waals surface area contributed by atoms with Crippen LogP contribution in [0.2, 0.25) is 0 Å². The maximum Gasteiger partial charge on any atom is 0.289 e. The predicted molar refractivity (Wildman–Crippen MR) is 67.5 cm³/mol. The molecule has 17 heavy (non-hydrogen) atoms. The van der Waals surface area contributed by atoms with Crippen molar-refractivity contribution >= 4 is 23.7 Å². The maximum absolute atomic E-state index is 11.6. The molecule has 0 aromatic heterocycles. The van der Waals surface area contributed by atoms with Crippen molar-refractivity contribution in [3.8, 4) is 5.75 Å². The molecule has 0 spiro atoms. The number of thioether (sulfide) groups is 1. The van der Waals surface area contributed by atoms with Crippen LogP contribution in [0.15, 0.2) is 30.0 Å². The van der Waals surface area contributed by atoms with Gasteiger partial charge in [0.2, 0.25) is 5.56 Å². The molecule has 4 nitrogen and oxygen atoms in total. The Kier molecular flexibility index (Phi) is 3.58. The highest BCUT2D eigenvalue weighted by atomic mass is 32.2. The minimum absolute atomic E-state index is 0.188. The third kappa shape index (κ3) is 2.74. The number of carbonyl (C=O) groups is 1. The van der Waals surface area contributed by atoms with Gasteiger partial charge in [-0.2, -0.15) is 0 Å². The summed E-state index contributed by atoms with van der Waals surface area (Å²) >= 11 is 1.44. The Morgan fingerprint density at radius 1 is 1.53 bits per heavy atom. The van der Waals surface area contributed by atoms with Crippen LogP contribution < -0.4 is 10.1 Å². The summed E-state index contributed by atoms with van der Waals surface area (Å²) in [7, 11) is 1.61. The van der Waals surface area contributed by atoms with E-state index >= 15 is 0 Å². The van der Waals surface area contributed by atoms with Gasteiger partial charge >= 0.3 is 0 Å². The van der Waals surface area contributed by atoms with Crippen LogP contribution in [0.4, 0.5) is 0 Å². The molecule has 1 saturated heterocycles. The Bertz CT molecular complexity index is 459. The number of amides is 1. The Morgan fingerprint density at radius 3 is 3.00 bits per heavy atom. The average Bonchev–Trinajstić information content (AvgIpc) is 2.70. The Labute approximate surface area is 104 Å². The van der Waals surface area contributed by atoms with E-state index < -0.39 is 0 Å². The first-order valence-electron chi connectivity index (χ1n) is 5.09. The third-order valence-electron chi connectivity index (χ3n) is 2.31. The van der Waals surface area contributed by atoms with Crippen LogP contribution in [-0.4, -0.2) is 24.8 Å². The number of carbonyl (C=O) groups excluding carboxylic acids is 1. The molecule has 1 aliphatic heterocycles. The second kappa shape index (κ2) is 5.14. The van der Waals surface area contributed by atoms with Crippen molar-refractivity contribution < 1.29 is 14.3 Å². The molecule has 2 rings (SSSR count). The van der Waals surface area contributed by atoms with Crippen LogP contribution in [-0.2, 0) is 9.53 Å². The molecule has 1 fully saturated rings. The van der Waals surface area contributed by atoms with Gasteiger partial charge in [-0.25, -0.2) is 0 Å². The normalized spacial score (nSPS) is 21.2. The number of benzene rings is 1. The lowest BCUT2D eigenvalue weighted by atomic mass is 10.2. The quantitative estimate of drug-likeness (QED) is 0.833. The zero-order chi connectivity index (χ0) is 12.3. The number of methoxy groups -OCH3 is 1. The Balaban J connectivity index is 2.21. The van der Waals surface area contributed by atoms with Crippen LogP contribution in [0.5, 0.6) is 5.75 Å². The van der Waals surface area contributed by atoms with Gasteiger partial charge in [0.05, 0.1) is 7.11 Å². The molecule has 0 aliphatic carbocycles. The third-order valence-corrected chi connectivity index (χ3v) is 2.95. The summed E-state index contributed by atoms with van der Waals surface area (Å²) in [4.78, 5) is 11.6. The molecule has 1 unspecified atom stereocenters.